The summed E-state index contributed by atoms with van der Waals surface area (Å²) in [5.74, 6) is 0.687. The van der Waals surface area contributed by atoms with Crippen LogP contribution in [-0.4, -0.2) is 61.0 Å². The largest absolute Gasteiger partial charge is 0.354 e. The smallest absolute Gasteiger partial charge is 0.237 e. The van der Waals surface area contributed by atoms with E-state index in [9.17, 15) is 4.79 Å². The van der Waals surface area contributed by atoms with Crippen molar-refractivity contribution in [2.24, 2.45) is 5.92 Å². The molecule has 100 valence electrons. The molecule has 1 N–H and O–H groups in total. The molecular formula is C13H27N3O. The third-order valence-corrected chi connectivity index (χ3v) is 3.47. The third-order valence-electron chi connectivity index (χ3n) is 3.47. The summed E-state index contributed by atoms with van der Waals surface area (Å²) < 4.78 is 0. The molecule has 0 saturated carbocycles. The molecule has 1 heterocycles. The fourth-order valence-electron chi connectivity index (χ4n) is 2.09. The zero-order chi connectivity index (χ0) is 12.8. The van der Waals surface area contributed by atoms with Gasteiger partial charge >= 0.3 is 0 Å². The quantitative estimate of drug-likeness (QED) is 0.773. The first kappa shape index (κ1) is 14.5. The minimum atomic E-state index is 0.00718. The second kappa shape index (κ2) is 6.97. The normalized spacial score (nSPS) is 20.5. The highest BCUT2D eigenvalue weighted by atomic mass is 16.2. The molecule has 1 saturated heterocycles. The number of amides is 1. The Hall–Kier alpha value is -0.610. The highest BCUT2D eigenvalue weighted by Crippen LogP contribution is 2.06. The van der Waals surface area contributed by atoms with Crippen molar-refractivity contribution in [3.05, 3.63) is 0 Å². The Morgan fingerprint density at radius 1 is 1.18 bits per heavy atom. The molecular weight excluding hydrogens is 214 g/mol. The van der Waals surface area contributed by atoms with Crippen LogP contribution in [0.25, 0.3) is 0 Å². The van der Waals surface area contributed by atoms with Crippen molar-refractivity contribution >= 4 is 5.91 Å². The summed E-state index contributed by atoms with van der Waals surface area (Å²) in [6, 6.07) is 0.00718. The van der Waals surface area contributed by atoms with Gasteiger partial charge in [-0.2, -0.15) is 0 Å². The van der Waals surface area contributed by atoms with Crippen LogP contribution in [0.1, 0.15) is 27.7 Å². The Morgan fingerprint density at radius 3 is 2.24 bits per heavy atom. The minimum absolute atomic E-state index is 0.00718. The molecule has 1 amide bonds. The third kappa shape index (κ3) is 4.64. The van der Waals surface area contributed by atoms with Crippen molar-refractivity contribution in [1.82, 2.24) is 15.1 Å². The number of carbonyl (C=O) groups is 1. The van der Waals surface area contributed by atoms with Gasteiger partial charge in [0.2, 0.25) is 5.91 Å². The molecule has 1 atom stereocenters. The number of hydrogen-bond donors (Lipinski definition) is 1. The minimum Gasteiger partial charge on any atom is -0.354 e. The Labute approximate surface area is 105 Å². The van der Waals surface area contributed by atoms with Crippen LogP contribution in [0.4, 0.5) is 0 Å². The molecule has 1 aliphatic rings. The van der Waals surface area contributed by atoms with Gasteiger partial charge in [-0.05, 0) is 19.4 Å². The van der Waals surface area contributed by atoms with Crippen molar-refractivity contribution in [3.63, 3.8) is 0 Å². The molecule has 1 rings (SSSR count). The number of rotatable bonds is 5. The Kier molecular flexibility index (Phi) is 5.92. The summed E-state index contributed by atoms with van der Waals surface area (Å²) in [5.41, 5.74) is 0. The molecule has 0 aliphatic carbocycles. The fourth-order valence-corrected chi connectivity index (χ4v) is 2.09. The molecule has 0 aromatic carbocycles. The summed E-state index contributed by atoms with van der Waals surface area (Å²) in [7, 11) is 0. The van der Waals surface area contributed by atoms with Gasteiger partial charge in [0.25, 0.3) is 0 Å². The van der Waals surface area contributed by atoms with Crippen molar-refractivity contribution in [3.8, 4) is 0 Å². The summed E-state index contributed by atoms with van der Waals surface area (Å²) in [5, 5.41) is 3.01. The monoisotopic (exact) mass is 241 g/mol. The van der Waals surface area contributed by atoms with Crippen LogP contribution < -0.4 is 5.32 Å². The molecule has 0 aromatic heterocycles. The van der Waals surface area contributed by atoms with Crippen molar-refractivity contribution in [2.75, 3.05) is 39.3 Å². The molecule has 0 radical (unpaired) electrons. The molecule has 0 bridgehead atoms. The van der Waals surface area contributed by atoms with Crippen molar-refractivity contribution < 1.29 is 4.79 Å². The molecule has 1 aliphatic heterocycles. The van der Waals surface area contributed by atoms with Gasteiger partial charge in [-0.15, -0.1) is 0 Å². The highest BCUT2D eigenvalue weighted by Gasteiger charge is 2.24. The first-order valence-corrected chi connectivity index (χ1v) is 6.78. The van der Waals surface area contributed by atoms with Gasteiger partial charge in [-0.1, -0.05) is 20.8 Å². The van der Waals surface area contributed by atoms with Gasteiger partial charge in [0.15, 0.2) is 0 Å². The standard InChI is InChI=1S/C13H27N3O/c1-5-15-6-8-16(9-7-15)12(4)13(17)14-10-11(2)3/h11-12H,5-10H2,1-4H3,(H,14,17). The van der Waals surface area contributed by atoms with Crippen LogP contribution >= 0.6 is 0 Å². The van der Waals surface area contributed by atoms with E-state index in [1.54, 1.807) is 0 Å². The zero-order valence-electron chi connectivity index (χ0n) is 11.7. The van der Waals surface area contributed by atoms with E-state index in [4.69, 9.17) is 0 Å². The van der Waals surface area contributed by atoms with E-state index < -0.39 is 0 Å². The Morgan fingerprint density at radius 2 is 1.76 bits per heavy atom. The van der Waals surface area contributed by atoms with Crippen LogP contribution in [0, 0.1) is 5.92 Å². The van der Waals surface area contributed by atoms with Crippen molar-refractivity contribution in [2.45, 2.75) is 33.7 Å². The second-order valence-electron chi connectivity index (χ2n) is 5.29. The molecule has 1 unspecified atom stereocenters. The molecule has 1 fully saturated rings. The summed E-state index contributed by atoms with van der Waals surface area (Å²) in [4.78, 5) is 16.6. The number of carbonyl (C=O) groups excluding carboxylic acids is 1. The van der Waals surface area contributed by atoms with Gasteiger partial charge in [0.05, 0.1) is 6.04 Å². The second-order valence-corrected chi connectivity index (χ2v) is 5.29. The molecule has 4 nitrogen and oxygen atoms in total. The fraction of sp³-hybridized carbons (Fsp3) is 0.923. The zero-order valence-corrected chi connectivity index (χ0v) is 11.7. The molecule has 4 heteroatoms. The SMILES string of the molecule is CCN1CCN(C(C)C(=O)NCC(C)C)CC1. The molecule has 0 spiro atoms. The van der Waals surface area contributed by atoms with Crippen LogP contribution in [0.2, 0.25) is 0 Å². The predicted molar refractivity (Wildman–Crippen MR) is 71.0 cm³/mol. The van der Waals surface area contributed by atoms with Crippen LogP contribution in [-0.2, 0) is 4.79 Å². The lowest BCUT2D eigenvalue weighted by Crippen LogP contribution is -2.54. The van der Waals surface area contributed by atoms with E-state index in [2.05, 4.69) is 35.9 Å². The van der Waals surface area contributed by atoms with Crippen LogP contribution in [0.5, 0.6) is 0 Å². The average molecular weight is 241 g/mol. The molecule has 0 aromatic rings. The number of piperazine rings is 1. The average Bonchev–Trinajstić information content (AvgIpc) is 2.35. The molecule has 17 heavy (non-hydrogen) atoms. The van der Waals surface area contributed by atoms with Gasteiger partial charge in [0, 0.05) is 32.7 Å². The van der Waals surface area contributed by atoms with Crippen LogP contribution in [0.15, 0.2) is 0 Å². The van der Waals surface area contributed by atoms with E-state index in [1.165, 1.54) is 0 Å². The predicted octanol–water partition coefficient (Wildman–Crippen LogP) is 0.785. The lowest BCUT2D eigenvalue weighted by Gasteiger charge is -2.37. The topological polar surface area (TPSA) is 35.6 Å². The van der Waals surface area contributed by atoms with Gasteiger partial charge in [-0.3, -0.25) is 9.69 Å². The summed E-state index contributed by atoms with van der Waals surface area (Å²) in [6.45, 7) is 14.5. The van der Waals surface area contributed by atoms with E-state index in [0.29, 0.717) is 5.92 Å². The first-order chi connectivity index (χ1) is 8.04. The van der Waals surface area contributed by atoms with Gasteiger partial charge in [0.1, 0.15) is 0 Å². The number of hydrogen-bond acceptors (Lipinski definition) is 3. The van der Waals surface area contributed by atoms with Gasteiger partial charge < -0.3 is 10.2 Å². The van der Waals surface area contributed by atoms with Crippen LogP contribution in [0.3, 0.4) is 0 Å². The number of nitrogens with zero attached hydrogens (tertiary/aromatic N) is 2. The highest BCUT2D eigenvalue weighted by molar-refractivity contribution is 5.81. The van der Waals surface area contributed by atoms with Gasteiger partial charge in [-0.25, -0.2) is 0 Å². The summed E-state index contributed by atoms with van der Waals surface area (Å²) in [6.07, 6.45) is 0. The maximum atomic E-state index is 11.9. The lowest BCUT2D eigenvalue weighted by molar-refractivity contribution is -0.126. The van der Waals surface area contributed by atoms with E-state index in [1.807, 2.05) is 6.92 Å². The van der Waals surface area contributed by atoms with Crippen molar-refractivity contribution in [1.29, 1.82) is 0 Å². The van der Waals surface area contributed by atoms with E-state index >= 15 is 0 Å². The first-order valence-electron chi connectivity index (χ1n) is 6.78. The number of likely N-dealkylation sites (N-methyl/N-ethyl adjacent to an activating group) is 1. The maximum absolute atomic E-state index is 11.9. The maximum Gasteiger partial charge on any atom is 0.237 e. The summed E-state index contributed by atoms with van der Waals surface area (Å²) >= 11 is 0. The number of nitrogens with one attached hydrogen (secondary N) is 1. The lowest BCUT2D eigenvalue weighted by atomic mass is 10.2. The van der Waals surface area contributed by atoms with E-state index in [0.717, 1.165) is 39.3 Å². The van der Waals surface area contributed by atoms with E-state index in [-0.39, 0.29) is 11.9 Å². The Balaban J connectivity index is 2.32. The Bertz CT molecular complexity index is 235.